The number of hydrogen-bond acceptors (Lipinski definition) is 6. The molecule has 5 rings (SSSR count). The van der Waals surface area contributed by atoms with E-state index in [0.29, 0.717) is 33.3 Å². The van der Waals surface area contributed by atoms with Crippen LogP contribution in [0.4, 0.5) is 5.69 Å². The number of nitrogens with zero attached hydrogens (tertiary/aromatic N) is 2. The summed E-state index contributed by atoms with van der Waals surface area (Å²) in [7, 11) is 3.21. The zero-order chi connectivity index (χ0) is 25.6. The number of halogens is 2. The number of hydrogen-bond donors (Lipinski definition) is 1. The number of carbonyl (C=O) groups excluding carboxylic acids is 1. The summed E-state index contributed by atoms with van der Waals surface area (Å²) in [4.78, 5) is 27.2. The number of nitrogens with one attached hydrogen (secondary N) is 1. The number of carbonyl (C=O) groups is 1. The third-order valence-corrected chi connectivity index (χ3v) is 7.70. The summed E-state index contributed by atoms with van der Waals surface area (Å²) in [6, 6.07) is 16.5. The van der Waals surface area contributed by atoms with Crippen molar-refractivity contribution in [3.05, 3.63) is 97.5 Å². The van der Waals surface area contributed by atoms with Gasteiger partial charge in [-0.2, -0.15) is 0 Å². The minimum Gasteiger partial charge on any atom is -0.493 e. The molecule has 1 amide bonds. The Morgan fingerprint density at radius 3 is 2.58 bits per heavy atom. The van der Waals surface area contributed by atoms with Crippen LogP contribution >= 0.6 is 23.2 Å². The van der Waals surface area contributed by atoms with Crippen molar-refractivity contribution >= 4 is 34.8 Å². The molecule has 0 radical (unpaired) electrons. The molecule has 10 heteroatoms. The number of ether oxygens (including phenoxy) is 2. The van der Waals surface area contributed by atoms with Crippen LogP contribution in [0.3, 0.4) is 0 Å². The van der Waals surface area contributed by atoms with Gasteiger partial charge in [-0.3, -0.25) is 19.8 Å². The fraction of sp³-hybridized carbons (Fsp3) is 0.269. The zero-order valence-corrected chi connectivity index (χ0v) is 21.0. The Morgan fingerprint density at radius 2 is 1.86 bits per heavy atom. The number of methoxy groups -OCH3 is 1. The molecule has 2 aliphatic heterocycles. The molecule has 8 nitrogen and oxygen atoms in total. The Labute approximate surface area is 217 Å². The van der Waals surface area contributed by atoms with E-state index in [0.717, 1.165) is 5.56 Å². The van der Waals surface area contributed by atoms with Crippen LogP contribution in [0.5, 0.6) is 11.5 Å². The molecular weight excluding hydrogens is 505 g/mol. The first kappa shape index (κ1) is 24.4. The van der Waals surface area contributed by atoms with Crippen molar-refractivity contribution in [1.29, 1.82) is 0 Å². The summed E-state index contributed by atoms with van der Waals surface area (Å²) in [6.45, 7) is 0.436. The summed E-state index contributed by atoms with van der Waals surface area (Å²) >= 11 is 12.9. The maximum atomic E-state index is 13.3. The van der Waals surface area contributed by atoms with Crippen LogP contribution in [-0.2, 0) is 16.9 Å². The molecule has 2 aliphatic rings. The van der Waals surface area contributed by atoms with Gasteiger partial charge in [-0.05, 0) is 36.9 Å². The quantitative estimate of drug-likeness (QED) is 0.354. The Hall–Kier alpha value is -3.33. The second kappa shape index (κ2) is 9.28. The van der Waals surface area contributed by atoms with E-state index in [4.69, 9.17) is 32.7 Å². The molecule has 1 N–H and O–H groups in total. The lowest BCUT2D eigenvalue weighted by molar-refractivity contribution is -0.534. The van der Waals surface area contributed by atoms with Crippen molar-refractivity contribution in [3.63, 3.8) is 0 Å². The molecule has 0 aliphatic carbocycles. The van der Waals surface area contributed by atoms with Gasteiger partial charge in [0.25, 0.3) is 11.9 Å². The van der Waals surface area contributed by atoms with Gasteiger partial charge in [0, 0.05) is 33.3 Å². The lowest BCUT2D eigenvalue weighted by Crippen LogP contribution is -2.54. The van der Waals surface area contributed by atoms with Crippen LogP contribution in [0.25, 0.3) is 0 Å². The third-order valence-electron chi connectivity index (χ3n) is 7.05. The second-order valence-corrected chi connectivity index (χ2v) is 9.71. The van der Waals surface area contributed by atoms with Crippen molar-refractivity contribution < 1.29 is 19.2 Å². The van der Waals surface area contributed by atoms with E-state index in [1.165, 1.54) is 7.11 Å². The largest absolute Gasteiger partial charge is 0.493 e. The van der Waals surface area contributed by atoms with Crippen LogP contribution in [0.1, 0.15) is 22.6 Å². The standard InChI is InChI=1S/C26H23Cl2N3O5/c1-30-13-17(24(31(33)34)26(30)18-8-4-6-10-21(18)29-25(26)32)16-11-20(28)23(22(12-16)35-2)36-14-15-7-3-5-9-19(15)27/h3-12,17,24H,13-14H2,1-2H3,(H,29,32)/t17-,24+,26-/m0/s1. The highest BCUT2D eigenvalue weighted by atomic mass is 35.5. The van der Waals surface area contributed by atoms with Crippen molar-refractivity contribution in [2.75, 3.05) is 26.0 Å². The van der Waals surface area contributed by atoms with Gasteiger partial charge < -0.3 is 14.8 Å². The first-order chi connectivity index (χ1) is 17.3. The number of benzene rings is 3. The molecule has 0 unspecified atom stereocenters. The zero-order valence-electron chi connectivity index (χ0n) is 19.5. The average Bonchev–Trinajstić information content (AvgIpc) is 3.33. The minimum atomic E-state index is -1.44. The van der Waals surface area contributed by atoms with E-state index in [-0.39, 0.29) is 23.1 Å². The molecule has 0 aromatic heterocycles. The predicted octanol–water partition coefficient (Wildman–Crippen LogP) is 5.10. The number of nitro groups is 1. The average molecular weight is 528 g/mol. The molecule has 3 atom stereocenters. The normalized spacial score (nSPS) is 22.9. The first-order valence-electron chi connectivity index (χ1n) is 11.3. The Balaban J connectivity index is 1.54. The minimum absolute atomic E-state index is 0.166. The molecule has 2 heterocycles. The molecule has 36 heavy (non-hydrogen) atoms. The number of amides is 1. The SMILES string of the molecule is COc1cc([C@@H]2CN(C)[C@]3(C(=O)Nc4ccccc43)[C@@H]2[N+](=O)[O-])cc(Cl)c1OCc1ccccc1Cl. The third kappa shape index (κ3) is 3.68. The van der Waals surface area contributed by atoms with E-state index in [1.807, 2.05) is 18.2 Å². The van der Waals surface area contributed by atoms with Crippen molar-refractivity contribution in [2.45, 2.75) is 24.1 Å². The van der Waals surface area contributed by atoms with Gasteiger partial charge in [-0.25, -0.2) is 0 Å². The predicted molar refractivity (Wildman–Crippen MR) is 137 cm³/mol. The van der Waals surface area contributed by atoms with Crippen molar-refractivity contribution in [3.8, 4) is 11.5 Å². The maximum absolute atomic E-state index is 13.3. The lowest BCUT2D eigenvalue weighted by atomic mass is 9.79. The Morgan fingerprint density at radius 1 is 1.14 bits per heavy atom. The number of anilines is 1. The van der Waals surface area contributed by atoms with E-state index in [2.05, 4.69) is 5.32 Å². The smallest absolute Gasteiger partial charge is 0.256 e. The van der Waals surface area contributed by atoms with Crippen LogP contribution in [-0.4, -0.2) is 42.5 Å². The Bertz CT molecular complexity index is 1370. The van der Waals surface area contributed by atoms with Crippen molar-refractivity contribution in [2.24, 2.45) is 0 Å². The van der Waals surface area contributed by atoms with E-state index < -0.39 is 23.4 Å². The number of likely N-dealkylation sites (N-methyl/N-ethyl adjacent to an activating group) is 1. The summed E-state index contributed by atoms with van der Waals surface area (Å²) in [6.07, 6.45) is 0. The van der Waals surface area contributed by atoms with Gasteiger partial charge in [0.2, 0.25) is 0 Å². The van der Waals surface area contributed by atoms with Gasteiger partial charge in [0.1, 0.15) is 6.61 Å². The molecule has 1 fully saturated rings. The molecule has 186 valence electrons. The van der Waals surface area contributed by atoms with E-state index in [1.54, 1.807) is 54.4 Å². The van der Waals surface area contributed by atoms with Gasteiger partial charge >= 0.3 is 0 Å². The number of likely N-dealkylation sites (tertiary alicyclic amines) is 1. The molecular formula is C26H23Cl2N3O5. The number of para-hydroxylation sites is 1. The highest BCUT2D eigenvalue weighted by Gasteiger charge is 2.68. The fourth-order valence-electron chi connectivity index (χ4n) is 5.44. The van der Waals surface area contributed by atoms with Crippen LogP contribution < -0.4 is 14.8 Å². The number of fused-ring (bicyclic) bond motifs is 2. The van der Waals surface area contributed by atoms with Gasteiger partial charge in [-0.15, -0.1) is 0 Å². The van der Waals surface area contributed by atoms with Crippen molar-refractivity contribution in [1.82, 2.24) is 4.90 Å². The Kier molecular flexibility index (Phi) is 6.28. The second-order valence-electron chi connectivity index (χ2n) is 8.90. The first-order valence-corrected chi connectivity index (χ1v) is 12.0. The van der Waals surface area contributed by atoms with Crippen LogP contribution in [0, 0.1) is 10.1 Å². The summed E-state index contributed by atoms with van der Waals surface area (Å²) < 4.78 is 11.5. The molecule has 0 saturated carbocycles. The summed E-state index contributed by atoms with van der Waals surface area (Å²) in [5, 5.41) is 16.2. The number of rotatable bonds is 6. The van der Waals surface area contributed by atoms with E-state index >= 15 is 0 Å². The molecule has 3 aromatic rings. The maximum Gasteiger partial charge on any atom is 0.256 e. The van der Waals surface area contributed by atoms with Crippen LogP contribution in [0.15, 0.2) is 60.7 Å². The highest BCUT2D eigenvalue weighted by Crippen LogP contribution is 2.53. The van der Waals surface area contributed by atoms with Gasteiger partial charge in [0.15, 0.2) is 17.0 Å². The van der Waals surface area contributed by atoms with Gasteiger partial charge in [-0.1, -0.05) is 59.6 Å². The molecule has 1 spiro atoms. The molecule has 0 bridgehead atoms. The topological polar surface area (TPSA) is 93.9 Å². The van der Waals surface area contributed by atoms with Gasteiger partial charge in [0.05, 0.1) is 18.1 Å². The summed E-state index contributed by atoms with van der Waals surface area (Å²) in [5.41, 5.74) is 1.11. The highest BCUT2D eigenvalue weighted by molar-refractivity contribution is 6.32. The lowest BCUT2D eigenvalue weighted by Gasteiger charge is -2.30. The monoisotopic (exact) mass is 527 g/mol. The van der Waals surface area contributed by atoms with Crippen LogP contribution in [0.2, 0.25) is 10.0 Å². The summed E-state index contributed by atoms with van der Waals surface area (Å²) in [5.74, 6) is -0.392. The van der Waals surface area contributed by atoms with E-state index in [9.17, 15) is 14.9 Å². The fourth-order valence-corrected chi connectivity index (χ4v) is 5.90. The molecule has 1 saturated heterocycles. The molecule has 3 aromatic carbocycles.